The third-order valence-corrected chi connectivity index (χ3v) is 6.86. The quantitative estimate of drug-likeness (QED) is 0.439. The molecule has 1 fully saturated rings. The fraction of sp³-hybridized carbons (Fsp3) is 0.429. The maximum atomic E-state index is 13.2. The van der Waals surface area contributed by atoms with Crippen molar-refractivity contribution in [3.8, 4) is 0 Å². The lowest BCUT2D eigenvalue weighted by molar-refractivity contribution is -0.115. The third kappa shape index (κ3) is 5.88. The number of amides is 2. The number of likely N-dealkylation sites (N-methyl/N-ethyl adjacent to an activating group) is 1. The number of piperidine rings is 1. The first-order chi connectivity index (χ1) is 17.2. The van der Waals surface area contributed by atoms with Crippen molar-refractivity contribution in [2.24, 2.45) is 4.99 Å². The van der Waals surface area contributed by atoms with Crippen LogP contribution >= 0.6 is 0 Å². The highest BCUT2D eigenvalue weighted by molar-refractivity contribution is 6.24. The van der Waals surface area contributed by atoms with Crippen LogP contribution in [-0.4, -0.2) is 86.5 Å². The van der Waals surface area contributed by atoms with Gasteiger partial charge < -0.3 is 20.4 Å². The summed E-state index contributed by atoms with van der Waals surface area (Å²) in [6, 6.07) is 12.7. The van der Waals surface area contributed by atoms with E-state index in [0.717, 1.165) is 43.6 Å². The van der Waals surface area contributed by atoms with Crippen LogP contribution in [0.25, 0.3) is 0 Å². The Kier molecular flexibility index (Phi) is 7.96. The number of benzene rings is 2. The summed E-state index contributed by atoms with van der Waals surface area (Å²) in [5.41, 5.74) is 4.10. The molecule has 0 saturated carbocycles. The van der Waals surface area contributed by atoms with Gasteiger partial charge in [0.1, 0.15) is 5.92 Å². The zero-order chi connectivity index (χ0) is 25.8. The molecule has 0 aromatic heterocycles. The van der Waals surface area contributed by atoms with E-state index in [-0.39, 0.29) is 23.6 Å². The minimum Gasteiger partial charge on any atom is -0.351 e. The highest BCUT2D eigenvalue weighted by Crippen LogP contribution is 2.36. The van der Waals surface area contributed by atoms with Gasteiger partial charge in [-0.3, -0.25) is 19.4 Å². The van der Waals surface area contributed by atoms with Crippen molar-refractivity contribution in [2.45, 2.75) is 31.7 Å². The molecule has 36 heavy (non-hydrogen) atoms. The van der Waals surface area contributed by atoms with Crippen molar-refractivity contribution < 1.29 is 14.4 Å². The van der Waals surface area contributed by atoms with E-state index >= 15 is 0 Å². The van der Waals surface area contributed by atoms with Crippen molar-refractivity contribution in [1.29, 1.82) is 0 Å². The number of fused-ring (bicyclic) bond motifs is 1. The van der Waals surface area contributed by atoms with Gasteiger partial charge in [-0.15, -0.1) is 0 Å². The summed E-state index contributed by atoms with van der Waals surface area (Å²) in [5, 5.41) is 5.89. The highest BCUT2D eigenvalue weighted by atomic mass is 16.2. The van der Waals surface area contributed by atoms with E-state index in [2.05, 4.69) is 22.6 Å². The number of likely N-dealkylation sites (tertiary alicyclic amines) is 1. The number of nitrogens with zero attached hydrogens (tertiary/aromatic N) is 3. The number of carbonyl (C=O) groups excluding carboxylic acids is 3. The Morgan fingerprint density at radius 2 is 1.69 bits per heavy atom. The molecule has 4 rings (SSSR count). The van der Waals surface area contributed by atoms with Gasteiger partial charge in [-0.05, 0) is 95.5 Å². The van der Waals surface area contributed by atoms with Crippen LogP contribution in [0.15, 0.2) is 47.5 Å². The number of hydrogen-bond acceptors (Lipinski definition) is 6. The summed E-state index contributed by atoms with van der Waals surface area (Å²) in [4.78, 5) is 47.3. The van der Waals surface area contributed by atoms with Crippen LogP contribution in [0.4, 0.5) is 5.69 Å². The van der Waals surface area contributed by atoms with Gasteiger partial charge in [0.2, 0.25) is 5.91 Å². The van der Waals surface area contributed by atoms with Crippen LogP contribution in [0.3, 0.4) is 0 Å². The number of hydrogen-bond donors (Lipinski definition) is 2. The topological polar surface area (TPSA) is 94.1 Å². The lowest BCUT2D eigenvalue weighted by atomic mass is 9.88. The molecule has 1 saturated heterocycles. The third-order valence-electron chi connectivity index (χ3n) is 6.86. The number of carbonyl (C=O) groups is 3. The summed E-state index contributed by atoms with van der Waals surface area (Å²) in [6.07, 6.45) is 1.84. The lowest BCUT2D eigenvalue weighted by Crippen LogP contribution is -2.33. The zero-order valence-corrected chi connectivity index (χ0v) is 21.5. The molecule has 190 valence electrons. The summed E-state index contributed by atoms with van der Waals surface area (Å²) < 4.78 is 0. The van der Waals surface area contributed by atoms with Crippen LogP contribution in [0, 0.1) is 0 Å². The monoisotopic (exact) mass is 489 g/mol. The van der Waals surface area contributed by atoms with E-state index in [0.29, 0.717) is 29.1 Å². The SMILES string of the molecule is CC(=O)c1ccc2c(c1)C(C(=NC1CCN(C)CC1)c1ccc(C(=O)NCCN(C)C)cc1)C(=O)N2. The molecule has 0 radical (unpaired) electrons. The largest absolute Gasteiger partial charge is 0.351 e. The first-order valence-corrected chi connectivity index (χ1v) is 12.5. The molecule has 2 aromatic rings. The van der Waals surface area contributed by atoms with E-state index in [9.17, 15) is 14.4 Å². The summed E-state index contributed by atoms with van der Waals surface area (Å²) in [6.45, 7) is 4.76. The van der Waals surface area contributed by atoms with Crippen molar-refractivity contribution in [1.82, 2.24) is 15.1 Å². The average molecular weight is 490 g/mol. The second kappa shape index (κ2) is 11.1. The van der Waals surface area contributed by atoms with E-state index in [1.165, 1.54) is 6.92 Å². The number of anilines is 1. The molecule has 2 aliphatic rings. The second-order valence-electron chi connectivity index (χ2n) is 9.97. The van der Waals surface area contributed by atoms with Gasteiger partial charge in [-0.1, -0.05) is 12.1 Å². The van der Waals surface area contributed by atoms with Crippen molar-refractivity contribution in [2.75, 3.05) is 52.6 Å². The minimum absolute atomic E-state index is 0.0469. The summed E-state index contributed by atoms with van der Waals surface area (Å²) in [7, 11) is 6.03. The molecule has 2 aromatic carbocycles. The fourth-order valence-electron chi connectivity index (χ4n) is 4.68. The maximum Gasteiger partial charge on any atom is 0.251 e. The number of ketones is 1. The van der Waals surface area contributed by atoms with Gasteiger partial charge in [0.25, 0.3) is 5.91 Å². The van der Waals surface area contributed by atoms with Crippen LogP contribution in [0.1, 0.15) is 57.5 Å². The van der Waals surface area contributed by atoms with Crippen LogP contribution < -0.4 is 10.6 Å². The van der Waals surface area contributed by atoms with Crippen molar-refractivity contribution in [3.05, 3.63) is 64.7 Å². The van der Waals surface area contributed by atoms with Gasteiger partial charge in [-0.2, -0.15) is 0 Å². The number of aliphatic imine (C=N–C) groups is 1. The first kappa shape index (κ1) is 25.7. The molecule has 2 amide bonds. The Hall–Kier alpha value is -3.36. The molecular weight excluding hydrogens is 454 g/mol. The average Bonchev–Trinajstić information content (AvgIpc) is 3.18. The van der Waals surface area contributed by atoms with Crippen LogP contribution in [0.5, 0.6) is 0 Å². The van der Waals surface area contributed by atoms with Crippen LogP contribution in [0.2, 0.25) is 0 Å². The van der Waals surface area contributed by atoms with Crippen molar-refractivity contribution >= 4 is 29.0 Å². The summed E-state index contributed by atoms with van der Waals surface area (Å²) in [5.74, 6) is -0.941. The smallest absolute Gasteiger partial charge is 0.251 e. The molecule has 2 aliphatic heterocycles. The van der Waals surface area contributed by atoms with Gasteiger partial charge >= 0.3 is 0 Å². The van der Waals surface area contributed by atoms with E-state index in [4.69, 9.17) is 4.99 Å². The zero-order valence-electron chi connectivity index (χ0n) is 21.5. The molecule has 1 unspecified atom stereocenters. The molecule has 0 spiro atoms. The van der Waals surface area contributed by atoms with Crippen molar-refractivity contribution in [3.63, 3.8) is 0 Å². The second-order valence-corrected chi connectivity index (χ2v) is 9.97. The standard InChI is InChI=1S/C28H35N5O3/c1-18(34)21-9-10-24-23(17-21)25(28(36)31-24)26(30-22-11-14-33(4)15-12-22)19-5-7-20(8-6-19)27(35)29-13-16-32(2)3/h5-10,17,22,25H,11-16H2,1-4H3,(H,29,35)(H,31,36). The molecule has 8 heteroatoms. The molecule has 2 N–H and O–H groups in total. The maximum absolute atomic E-state index is 13.2. The Bertz CT molecular complexity index is 1160. The van der Waals surface area contributed by atoms with Crippen LogP contribution in [-0.2, 0) is 4.79 Å². The molecule has 1 atom stereocenters. The number of rotatable bonds is 8. The molecule has 8 nitrogen and oxygen atoms in total. The van der Waals surface area contributed by atoms with E-state index < -0.39 is 5.92 Å². The van der Waals surface area contributed by atoms with Gasteiger partial charge in [0.05, 0.1) is 11.8 Å². The normalized spacial score (nSPS) is 18.8. The Balaban J connectivity index is 1.67. The Morgan fingerprint density at radius 3 is 2.33 bits per heavy atom. The molecular formula is C28H35N5O3. The molecule has 0 bridgehead atoms. The predicted molar refractivity (Wildman–Crippen MR) is 142 cm³/mol. The molecule has 2 heterocycles. The summed E-state index contributed by atoms with van der Waals surface area (Å²) >= 11 is 0. The Labute approximate surface area is 212 Å². The number of Topliss-reactive ketones (excluding diaryl/α,β-unsaturated/α-hetero) is 1. The molecule has 0 aliphatic carbocycles. The van der Waals surface area contributed by atoms with Gasteiger partial charge in [0.15, 0.2) is 5.78 Å². The minimum atomic E-state index is -0.612. The highest BCUT2D eigenvalue weighted by Gasteiger charge is 2.36. The number of nitrogens with one attached hydrogen (secondary N) is 2. The predicted octanol–water partition coefficient (Wildman–Crippen LogP) is 2.80. The first-order valence-electron chi connectivity index (χ1n) is 12.5. The Morgan fingerprint density at radius 1 is 1.06 bits per heavy atom. The van der Waals surface area contributed by atoms with Gasteiger partial charge in [-0.25, -0.2) is 0 Å². The van der Waals surface area contributed by atoms with E-state index in [1.807, 2.05) is 31.1 Å². The van der Waals surface area contributed by atoms with E-state index in [1.54, 1.807) is 30.3 Å². The lowest BCUT2D eigenvalue weighted by Gasteiger charge is -2.28. The van der Waals surface area contributed by atoms with Gasteiger partial charge in [0, 0.05) is 29.9 Å². The fourth-order valence-corrected chi connectivity index (χ4v) is 4.68.